The third-order valence-corrected chi connectivity index (χ3v) is 2.26. The minimum absolute atomic E-state index is 0.180. The Morgan fingerprint density at radius 3 is 2.00 bits per heavy atom. The molecule has 1 rings (SSSR count). The van der Waals surface area contributed by atoms with Crippen molar-refractivity contribution in [3.63, 3.8) is 0 Å². The zero-order valence-corrected chi connectivity index (χ0v) is 8.17. The van der Waals surface area contributed by atoms with E-state index in [2.05, 4.69) is 6.58 Å². The summed E-state index contributed by atoms with van der Waals surface area (Å²) in [5.74, 6) is 0. The Morgan fingerprint density at radius 2 is 1.67 bits per heavy atom. The molecule has 0 fully saturated rings. The summed E-state index contributed by atoms with van der Waals surface area (Å²) in [6, 6.07) is 5.43. The zero-order chi connectivity index (χ0) is 11.7. The standard InChI is InChI=1S/C11H11F3O/c1-3-8-4-6-9(7-5-8)10(2,15)11(12,13)14/h3-7,15H,1H2,2H3. The van der Waals surface area contributed by atoms with Crippen LogP contribution in [-0.2, 0) is 5.60 Å². The lowest BCUT2D eigenvalue weighted by atomic mass is 9.94. The molecule has 0 radical (unpaired) electrons. The number of hydrogen-bond acceptors (Lipinski definition) is 1. The molecule has 15 heavy (non-hydrogen) atoms. The Morgan fingerprint density at radius 1 is 1.20 bits per heavy atom. The largest absolute Gasteiger partial charge is 0.421 e. The SMILES string of the molecule is C=Cc1ccc(C(C)(O)C(F)(F)F)cc1. The molecule has 1 nitrogen and oxygen atoms in total. The van der Waals surface area contributed by atoms with E-state index < -0.39 is 11.8 Å². The molecule has 82 valence electrons. The van der Waals surface area contributed by atoms with Crippen molar-refractivity contribution in [3.8, 4) is 0 Å². The average Bonchev–Trinajstić information content (AvgIpc) is 2.16. The van der Waals surface area contributed by atoms with Crippen LogP contribution in [0.15, 0.2) is 30.8 Å². The van der Waals surface area contributed by atoms with Gasteiger partial charge in [0.2, 0.25) is 0 Å². The van der Waals surface area contributed by atoms with Crippen molar-refractivity contribution in [1.82, 2.24) is 0 Å². The minimum Gasteiger partial charge on any atom is -0.376 e. The average molecular weight is 216 g/mol. The van der Waals surface area contributed by atoms with Crippen molar-refractivity contribution in [2.45, 2.75) is 18.7 Å². The quantitative estimate of drug-likeness (QED) is 0.805. The maximum absolute atomic E-state index is 12.4. The van der Waals surface area contributed by atoms with Gasteiger partial charge in [-0.3, -0.25) is 0 Å². The van der Waals surface area contributed by atoms with Gasteiger partial charge in [0.1, 0.15) is 0 Å². The molecule has 0 heterocycles. The van der Waals surface area contributed by atoms with Crippen LogP contribution in [0.2, 0.25) is 0 Å². The van der Waals surface area contributed by atoms with Crippen LogP contribution < -0.4 is 0 Å². The Labute approximate surface area is 85.9 Å². The predicted molar refractivity (Wildman–Crippen MR) is 52.2 cm³/mol. The highest BCUT2D eigenvalue weighted by Crippen LogP contribution is 2.38. The van der Waals surface area contributed by atoms with Gasteiger partial charge >= 0.3 is 6.18 Å². The monoisotopic (exact) mass is 216 g/mol. The van der Waals surface area contributed by atoms with Crippen molar-refractivity contribution in [3.05, 3.63) is 42.0 Å². The molecule has 1 atom stereocenters. The molecule has 1 aromatic carbocycles. The van der Waals surface area contributed by atoms with Gasteiger partial charge in [-0.15, -0.1) is 0 Å². The predicted octanol–water partition coefficient (Wildman–Crippen LogP) is 3.10. The van der Waals surface area contributed by atoms with Crippen molar-refractivity contribution in [1.29, 1.82) is 0 Å². The van der Waals surface area contributed by atoms with Crippen molar-refractivity contribution >= 4 is 6.08 Å². The van der Waals surface area contributed by atoms with Crippen LogP contribution >= 0.6 is 0 Å². The Bertz CT molecular complexity index is 349. The lowest BCUT2D eigenvalue weighted by molar-refractivity contribution is -0.258. The van der Waals surface area contributed by atoms with Crippen LogP contribution in [0.3, 0.4) is 0 Å². The number of aliphatic hydroxyl groups is 1. The molecule has 4 heteroatoms. The number of hydrogen-bond donors (Lipinski definition) is 1. The Kier molecular flexibility index (Phi) is 2.90. The highest BCUT2D eigenvalue weighted by Gasteiger charge is 2.50. The van der Waals surface area contributed by atoms with E-state index in [4.69, 9.17) is 0 Å². The molecule has 0 saturated carbocycles. The van der Waals surface area contributed by atoms with E-state index in [1.807, 2.05) is 0 Å². The van der Waals surface area contributed by atoms with E-state index in [1.54, 1.807) is 0 Å². The van der Waals surface area contributed by atoms with Crippen LogP contribution in [0.25, 0.3) is 6.08 Å². The van der Waals surface area contributed by atoms with Crippen LogP contribution in [0.1, 0.15) is 18.1 Å². The molecule has 1 unspecified atom stereocenters. The number of alkyl halides is 3. The summed E-state index contributed by atoms with van der Waals surface area (Å²) < 4.78 is 37.3. The number of halogens is 3. The van der Waals surface area contributed by atoms with Crippen molar-refractivity contribution in [2.24, 2.45) is 0 Å². The van der Waals surface area contributed by atoms with E-state index in [-0.39, 0.29) is 5.56 Å². The van der Waals surface area contributed by atoms with Crippen molar-refractivity contribution in [2.75, 3.05) is 0 Å². The van der Waals surface area contributed by atoms with Gasteiger partial charge in [-0.05, 0) is 18.1 Å². The van der Waals surface area contributed by atoms with E-state index in [1.165, 1.54) is 30.3 Å². The van der Waals surface area contributed by atoms with Crippen LogP contribution in [0.4, 0.5) is 13.2 Å². The molecule has 0 aromatic heterocycles. The van der Waals surface area contributed by atoms with Crippen LogP contribution in [-0.4, -0.2) is 11.3 Å². The maximum Gasteiger partial charge on any atom is 0.421 e. The maximum atomic E-state index is 12.4. The normalized spacial score (nSPS) is 15.8. The van der Waals surface area contributed by atoms with Gasteiger partial charge in [0, 0.05) is 0 Å². The molecule has 0 bridgehead atoms. The fraction of sp³-hybridized carbons (Fsp3) is 0.273. The zero-order valence-electron chi connectivity index (χ0n) is 8.17. The molecular weight excluding hydrogens is 205 g/mol. The van der Waals surface area contributed by atoms with E-state index in [9.17, 15) is 18.3 Å². The second-order valence-corrected chi connectivity index (χ2v) is 3.40. The van der Waals surface area contributed by atoms with Crippen LogP contribution in [0.5, 0.6) is 0 Å². The Balaban J connectivity index is 3.11. The first-order valence-corrected chi connectivity index (χ1v) is 4.31. The number of rotatable bonds is 2. The van der Waals surface area contributed by atoms with E-state index in [0.29, 0.717) is 5.56 Å². The summed E-state index contributed by atoms with van der Waals surface area (Å²) in [6.07, 6.45) is -3.16. The minimum atomic E-state index is -4.68. The smallest absolute Gasteiger partial charge is 0.376 e. The van der Waals surface area contributed by atoms with Gasteiger partial charge in [-0.25, -0.2) is 0 Å². The van der Waals surface area contributed by atoms with Gasteiger partial charge in [0.15, 0.2) is 5.60 Å². The van der Waals surface area contributed by atoms with Gasteiger partial charge in [0.05, 0.1) is 0 Å². The number of benzene rings is 1. The van der Waals surface area contributed by atoms with Gasteiger partial charge in [-0.1, -0.05) is 36.9 Å². The molecule has 0 aliphatic heterocycles. The molecule has 0 aliphatic rings. The van der Waals surface area contributed by atoms with Crippen LogP contribution in [0, 0.1) is 0 Å². The second kappa shape index (κ2) is 3.70. The lowest BCUT2D eigenvalue weighted by Gasteiger charge is -2.26. The molecule has 0 saturated heterocycles. The second-order valence-electron chi connectivity index (χ2n) is 3.40. The lowest BCUT2D eigenvalue weighted by Crippen LogP contribution is -2.39. The van der Waals surface area contributed by atoms with Gasteiger partial charge in [0.25, 0.3) is 0 Å². The summed E-state index contributed by atoms with van der Waals surface area (Å²) in [7, 11) is 0. The molecule has 1 N–H and O–H groups in total. The summed E-state index contributed by atoms with van der Waals surface area (Å²) in [6.45, 7) is 4.22. The highest BCUT2D eigenvalue weighted by molar-refractivity contribution is 5.47. The fourth-order valence-electron chi connectivity index (χ4n) is 1.11. The van der Waals surface area contributed by atoms with Gasteiger partial charge < -0.3 is 5.11 Å². The highest BCUT2D eigenvalue weighted by atomic mass is 19.4. The van der Waals surface area contributed by atoms with E-state index in [0.717, 1.165) is 6.92 Å². The van der Waals surface area contributed by atoms with Crippen molar-refractivity contribution < 1.29 is 18.3 Å². The molecule has 0 spiro atoms. The summed E-state index contributed by atoms with van der Waals surface area (Å²) in [5, 5.41) is 9.34. The summed E-state index contributed by atoms with van der Waals surface area (Å²) >= 11 is 0. The topological polar surface area (TPSA) is 20.2 Å². The first-order valence-electron chi connectivity index (χ1n) is 4.31. The first kappa shape index (κ1) is 11.8. The third kappa shape index (κ3) is 2.21. The summed E-state index contributed by atoms with van der Waals surface area (Å²) in [4.78, 5) is 0. The molecular formula is C11H11F3O. The molecule has 1 aromatic rings. The van der Waals surface area contributed by atoms with Gasteiger partial charge in [-0.2, -0.15) is 13.2 Å². The third-order valence-electron chi connectivity index (χ3n) is 2.26. The fourth-order valence-corrected chi connectivity index (χ4v) is 1.11. The first-order chi connectivity index (χ1) is 6.79. The summed E-state index contributed by atoms with van der Waals surface area (Å²) in [5.41, 5.74) is -2.29. The Hall–Kier alpha value is -1.29. The molecule has 0 aliphatic carbocycles. The van der Waals surface area contributed by atoms with E-state index >= 15 is 0 Å². The molecule has 0 amide bonds.